The minimum absolute atomic E-state index is 0.498. The highest BCUT2D eigenvalue weighted by Gasteiger charge is 2.12. The molecule has 0 aliphatic heterocycles. The van der Waals surface area contributed by atoms with Gasteiger partial charge in [-0.1, -0.05) is 0 Å². The van der Waals surface area contributed by atoms with Crippen LogP contribution in [0.3, 0.4) is 0 Å². The molecule has 102 valence electrons. The van der Waals surface area contributed by atoms with E-state index in [1.807, 2.05) is 11.6 Å². The molecule has 8 nitrogen and oxygen atoms in total. The summed E-state index contributed by atoms with van der Waals surface area (Å²) in [6.45, 7) is 1.09. The molecule has 2 aromatic rings. The third-order valence-corrected chi connectivity index (χ3v) is 2.64. The number of hydrogen-bond donors (Lipinski definition) is 1. The molecule has 0 saturated heterocycles. The van der Waals surface area contributed by atoms with Crippen LogP contribution in [0, 0.1) is 0 Å². The lowest BCUT2D eigenvalue weighted by atomic mass is 10.3. The van der Waals surface area contributed by atoms with Crippen LogP contribution in [-0.2, 0) is 20.1 Å². The molecule has 0 spiro atoms. The monoisotopic (exact) mass is 264 g/mol. The lowest BCUT2D eigenvalue weighted by Crippen LogP contribution is -2.17. The van der Waals surface area contributed by atoms with Gasteiger partial charge in [-0.3, -0.25) is 0 Å². The molecule has 0 amide bonds. The molecule has 2 heterocycles. The van der Waals surface area contributed by atoms with Gasteiger partial charge in [0.1, 0.15) is 18.5 Å². The lowest BCUT2D eigenvalue weighted by Gasteiger charge is -2.11. The first-order chi connectivity index (χ1) is 9.26. The van der Waals surface area contributed by atoms with Gasteiger partial charge in [-0.25, -0.2) is 9.97 Å². The number of nitrogens with zero attached hydrogens (tertiary/aromatic N) is 5. The fourth-order valence-electron chi connectivity index (χ4n) is 1.65. The molecule has 0 aromatic carbocycles. The Morgan fingerprint density at radius 2 is 1.84 bits per heavy atom. The summed E-state index contributed by atoms with van der Waals surface area (Å²) in [6.07, 6.45) is 3.06. The van der Waals surface area contributed by atoms with E-state index in [2.05, 4.69) is 25.5 Å². The molecule has 0 atom stereocenters. The van der Waals surface area contributed by atoms with Crippen molar-refractivity contribution in [3.05, 3.63) is 24.0 Å². The second kappa shape index (κ2) is 6.10. The predicted octanol–water partition coefficient (Wildman–Crippen LogP) is -0.0879. The highest BCUT2D eigenvalue weighted by atomic mass is 16.5. The van der Waals surface area contributed by atoms with Gasteiger partial charge in [-0.2, -0.15) is 0 Å². The molecular formula is C11H16N6O2. The van der Waals surface area contributed by atoms with Crippen LogP contribution < -0.4 is 14.8 Å². The van der Waals surface area contributed by atoms with Gasteiger partial charge in [0.05, 0.1) is 26.3 Å². The molecule has 0 saturated carbocycles. The maximum absolute atomic E-state index is 5.20. The molecule has 0 aliphatic rings. The van der Waals surface area contributed by atoms with E-state index in [-0.39, 0.29) is 0 Å². The molecule has 2 aromatic heterocycles. The molecule has 1 N–H and O–H groups in total. The van der Waals surface area contributed by atoms with E-state index < -0.39 is 0 Å². The Morgan fingerprint density at radius 3 is 2.37 bits per heavy atom. The Morgan fingerprint density at radius 1 is 1.16 bits per heavy atom. The zero-order valence-corrected chi connectivity index (χ0v) is 11.1. The van der Waals surface area contributed by atoms with E-state index >= 15 is 0 Å². The first kappa shape index (κ1) is 13.2. The molecule has 0 radical (unpaired) electrons. The van der Waals surface area contributed by atoms with Gasteiger partial charge in [-0.15, -0.1) is 10.2 Å². The van der Waals surface area contributed by atoms with Crippen LogP contribution in [0.4, 0.5) is 0 Å². The number of nitrogens with one attached hydrogen (secondary N) is 1. The zero-order chi connectivity index (χ0) is 13.7. The topological polar surface area (TPSA) is 87.0 Å². The third-order valence-electron chi connectivity index (χ3n) is 2.64. The number of hydrogen-bond acceptors (Lipinski definition) is 7. The van der Waals surface area contributed by atoms with Crippen LogP contribution in [0.15, 0.2) is 12.7 Å². The normalized spacial score (nSPS) is 10.5. The van der Waals surface area contributed by atoms with Gasteiger partial charge in [0, 0.05) is 13.6 Å². The number of rotatable bonds is 6. The van der Waals surface area contributed by atoms with Crippen molar-refractivity contribution < 1.29 is 9.47 Å². The highest BCUT2D eigenvalue weighted by Crippen LogP contribution is 2.22. The summed E-state index contributed by atoms with van der Waals surface area (Å²) in [6, 6.07) is 0. The van der Waals surface area contributed by atoms with Crippen LogP contribution >= 0.6 is 0 Å². The summed E-state index contributed by atoms with van der Waals surface area (Å²) in [7, 11) is 5.02. The van der Waals surface area contributed by atoms with E-state index in [4.69, 9.17) is 9.47 Å². The van der Waals surface area contributed by atoms with E-state index in [1.165, 1.54) is 6.33 Å². The minimum Gasteiger partial charge on any atom is -0.481 e. The number of methoxy groups -OCH3 is 2. The summed E-state index contributed by atoms with van der Waals surface area (Å²) < 4.78 is 12.2. The average molecular weight is 264 g/mol. The van der Waals surface area contributed by atoms with Crippen molar-refractivity contribution >= 4 is 0 Å². The van der Waals surface area contributed by atoms with Gasteiger partial charge >= 0.3 is 0 Å². The summed E-state index contributed by atoms with van der Waals surface area (Å²) in [4.78, 5) is 8.10. The van der Waals surface area contributed by atoms with Crippen LogP contribution in [0.1, 0.15) is 11.4 Å². The van der Waals surface area contributed by atoms with Crippen molar-refractivity contribution in [3.63, 3.8) is 0 Å². The van der Waals surface area contributed by atoms with Crippen molar-refractivity contribution in [2.45, 2.75) is 13.1 Å². The second-order valence-corrected chi connectivity index (χ2v) is 3.83. The van der Waals surface area contributed by atoms with Crippen LogP contribution in [0.2, 0.25) is 0 Å². The Labute approximate surface area is 110 Å². The van der Waals surface area contributed by atoms with Crippen molar-refractivity contribution in [1.82, 2.24) is 30.0 Å². The number of ether oxygens (including phenoxy) is 2. The predicted molar refractivity (Wildman–Crippen MR) is 66.7 cm³/mol. The van der Waals surface area contributed by atoms with E-state index in [0.29, 0.717) is 24.8 Å². The maximum Gasteiger partial charge on any atom is 0.224 e. The molecule has 0 fully saturated rings. The fourth-order valence-corrected chi connectivity index (χ4v) is 1.65. The largest absolute Gasteiger partial charge is 0.481 e. The molecule has 0 aliphatic carbocycles. The third kappa shape index (κ3) is 2.97. The van der Waals surface area contributed by atoms with E-state index in [0.717, 1.165) is 11.4 Å². The van der Waals surface area contributed by atoms with Crippen LogP contribution in [0.5, 0.6) is 11.8 Å². The number of aryl methyl sites for hydroxylation is 1. The van der Waals surface area contributed by atoms with Crippen molar-refractivity contribution in [2.24, 2.45) is 7.05 Å². The van der Waals surface area contributed by atoms with E-state index in [9.17, 15) is 0 Å². The summed E-state index contributed by atoms with van der Waals surface area (Å²) in [5.41, 5.74) is 0.773. The average Bonchev–Trinajstić information content (AvgIpc) is 2.84. The molecule has 19 heavy (non-hydrogen) atoms. The highest BCUT2D eigenvalue weighted by molar-refractivity contribution is 5.34. The van der Waals surface area contributed by atoms with Gasteiger partial charge in [-0.05, 0) is 0 Å². The van der Waals surface area contributed by atoms with Gasteiger partial charge < -0.3 is 19.4 Å². The SMILES string of the molecule is COc1ncnc(OC)c1CNCc1nncn1C. The fraction of sp³-hybridized carbons (Fsp3) is 0.455. The quantitative estimate of drug-likeness (QED) is 0.780. The van der Waals surface area contributed by atoms with Gasteiger partial charge in [0.2, 0.25) is 11.8 Å². The molecule has 8 heteroatoms. The van der Waals surface area contributed by atoms with Crippen LogP contribution in [0.25, 0.3) is 0 Å². The van der Waals surface area contributed by atoms with Crippen molar-refractivity contribution in [2.75, 3.05) is 14.2 Å². The first-order valence-electron chi connectivity index (χ1n) is 5.71. The molecule has 0 unspecified atom stereocenters. The smallest absolute Gasteiger partial charge is 0.224 e. The maximum atomic E-state index is 5.20. The second-order valence-electron chi connectivity index (χ2n) is 3.83. The molecular weight excluding hydrogens is 248 g/mol. The molecule has 0 bridgehead atoms. The van der Waals surface area contributed by atoms with Gasteiger partial charge in [0.15, 0.2) is 0 Å². The Kier molecular flexibility index (Phi) is 4.24. The molecule has 2 rings (SSSR count). The first-order valence-corrected chi connectivity index (χ1v) is 5.71. The Bertz CT molecular complexity index is 519. The standard InChI is InChI=1S/C11H16N6O2/c1-17-7-15-16-9(17)5-12-4-8-10(18-2)13-6-14-11(8)19-3/h6-7,12H,4-5H2,1-3H3. The van der Waals surface area contributed by atoms with E-state index in [1.54, 1.807) is 20.5 Å². The summed E-state index contributed by atoms with van der Waals surface area (Å²) in [5, 5.41) is 11.0. The zero-order valence-electron chi connectivity index (χ0n) is 11.1. The Balaban J connectivity index is 2.04. The van der Waals surface area contributed by atoms with Gasteiger partial charge in [0.25, 0.3) is 0 Å². The summed E-state index contributed by atoms with van der Waals surface area (Å²) in [5.74, 6) is 1.84. The summed E-state index contributed by atoms with van der Waals surface area (Å²) >= 11 is 0. The minimum atomic E-state index is 0.498. The van der Waals surface area contributed by atoms with Crippen LogP contribution in [-0.4, -0.2) is 39.0 Å². The van der Waals surface area contributed by atoms with Crippen molar-refractivity contribution in [3.8, 4) is 11.8 Å². The Hall–Kier alpha value is -2.22. The lowest BCUT2D eigenvalue weighted by molar-refractivity contribution is 0.359. The number of aromatic nitrogens is 5. The van der Waals surface area contributed by atoms with Crippen molar-refractivity contribution in [1.29, 1.82) is 0 Å².